The lowest BCUT2D eigenvalue weighted by molar-refractivity contribution is 0.0953. The Balaban J connectivity index is 2.38. The van der Waals surface area contributed by atoms with Gasteiger partial charge in [0.05, 0.1) is 0 Å². The van der Waals surface area contributed by atoms with E-state index in [2.05, 4.69) is 27.4 Å². The van der Waals surface area contributed by atoms with Crippen LogP contribution in [0.2, 0.25) is 4.47 Å². The van der Waals surface area contributed by atoms with E-state index in [4.69, 9.17) is 11.6 Å². The van der Waals surface area contributed by atoms with Crippen LogP contribution in [0.25, 0.3) is 0 Å². The van der Waals surface area contributed by atoms with Crippen LogP contribution in [0.5, 0.6) is 0 Å². The van der Waals surface area contributed by atoms with Crippen molar-refractivity contribution in [2.45, 2.75) is 13.3 Å². The normalized spacial score (nSPS) is 9.00. The highest BCUT2D eigenvalue weighted by Crippen LogP contribution is 2.14. The van der Waals surface area contributed by atoms with Gasteiger partial charge in [0.1, 0.15) is 0 Å². The minimum absolute atomic E-state index is 0.257. The van der Waals surface area contributed by atoms with E-state index in [0.717, 1.165) is 11.3 Å². The van der Waals surface area contributed by atoms with Gasteiger partial charge in [0.2, 0.25) is 9.47 Å². The van der Waals surface area contributed by atoms with Crippen LogP contribution in [0.4, 0.5) is 0 Å². The van der Waals surface area contributed by atoms with Gasteiger partial charge in [-0.1, -0.05) is 11.3 Å². The van der Waals surface area contributed by atoms with Crippen molar-refractivity contribution >= 4 is 28.8 Å². The van der Waals surface area contributed by atoms with E-state index in [1.165, 1.54) is 0 Å². The maximum absolute atomic E-state index is 11.3. The minimum Gasteiger partial charge on any atom is -0.349 e. The van der Waals surface area contributed by atoms with Crippen LogP contribution >= 0.6 is 22.9 Å². The summed E-state index contributed by atoms with van der Waals surface area (Å²) in [6, 6.07) is 0. The second-order valence-electron chi connectivity index (χ2n) is 2.29. The topological polar surface area (TPSA) is 54.9 Å². The third-order valence-corrected chi connectivity index (χ3v) is 2.32. The Morgan fingerprint density at radius 3 is 3.00 bits per heavy atom. The fraction of sp³-hybridized carbons (Fsp3) is 0.375. The number of amides is 1. The van der Waals surface area contributed by atoms with Crippen molar-refractivity contribution in [3.8, 4) is 11.8 Å². The average molecular weight is 230 g/mol. The molecule has 0 saturated heterocycles. The molecule has 6 heteroatoms. The molecule has 1 heterocycles. The highest BCUT2D eigenvalue weighted by molar-refractivity contribution is 7.17. The van der Waals surface area contributed by atoms with E-state index < -0.39 is 0 Å². The van der Waals surface area contributed by atoms with Gasteiger partial charge in [-0.3, -0.25) is 4.79 Å². The Labute approximate surface area is 90.7 Å². The molecule has 0 aliphatic rings. The maximum atomic E-state index is 11.3. The summed E-state index contributed by atoms with van der Waals surface area (Å²) in [5.41, 5.74) is 0. The number of carbonyl (C=O) groups excluding carboxylic acids is 1. The number of aromatic nitrogens is 2. The lowest BCUT2D eigenvalue weighted by atomic mass is 10.4. The van der Waals surface area contributed by atoms with Crippen molar-refractivity contribution < 1.29 is 4.79 Å². The van der Waals surface area contributed by atoms with Crippen molar-refractivity contribution in [2.24, 2.45) is 0 Å². The van der Waals surface area contributed by atoms with E-state index in [-0.39, 0.29) is 15.4 Å². The van der Waals surface area contributed by atoms with Crippen LogP contribution in [-0.2, 0) is 0 Å². The molecule has 1 rings (SSSR count). The zero-order chi connectivity index (χ0) is 10.4. The van der Waals surface area contributed by atoms with E-state index in [1.54, 1.807) is 6.92 Å². The minimum atomic E-state index is -0.257. The van der Waals surface area contributed by atoms with Gasteiger partial charge in [-0.25, -0.2) is 0 Å². The van der Waals surface area contributed by atoms with Crippen LogP contribution < -0.4 is 5.32 Å². The molecule has 1 aromatic rings. The molecule has 0 fully saturated rings. The fourth-order valence-corrected chi connectivity index (χ4v) is 1.48. The molecule has 0 bridgehead atoms. The molecule has 1 aromatic heterocycles. The van der Waals surface area contributed by atoms with Gasteiger partial charge in [0.15, 0.2) is 0 Å². The largest absolute Gasteiger partial charge is 0.349 e. The van der Waals surface area contributed by atoms with Gasteiger partial charge < -0.3 is 5.32 Å². The van der Waals surface area contributed by atoms with Crippen molar-refractivity contribution in [3.63, 3.8) is 0 Å². The summed E-state index contributed by atoms with van der Waals surface area (Å²) in [7, 11) is 0. The molecular formula is C8H8ClN3OS. The molecule has 1 N–H and O–H groups in total. The van der Waals surface area contributed by atoms with Crippen LogP contribution in [0.15, 0.2) is 0 Å². The third kappa shape index (κ3) is 3.32. The quantitative estimate of drug-likeness (QED) is 0.629. The summed E-state index contributed by atoms with van der Waals surface area (Å²) in [5.74, 6) is 5.32. The first kappa shape index (κ1) is 11.0. The second-order valence-corrected chi connectivity index (χ2v) is 3.85. The summed E-state index contributed by atoms with van der Waals surface area (Å²) < 4.78 is 0.267. The molecule has 4 nitrogen and oxygen atoms in total. The highest BCUT2D eigenvalue weighted by Gasteiger charge is 2.10. The molecule has 74 valence electrons. The zero-order valence-corrected chi connectivity index (χ0v) is 9.08. The van der Waals surface area contributed by atoms with Gasteiger partial charge >= 0.3 is 0 Å². The predicted octanol–water partition coefficient (Wildman–Crippen LogP) is 1.33. The zero-order valence-electron chi connectivity index (χ0n) is 7.50. The first-order valence-electron chi connectivity index (χ1n) is 3.91. The molecule has 0 spiro atoms. The molecule has 0 unspecified atom stereocenters. The number of hydrogen-bond acceptors (Lipinski definition) is 4. The number of nitrogens with one attached hydrogen (secondary N) is 1. The third-order valence-electron chi connectivity index (χ3n) is 1.31. The molecule has 0 radical (unpaired) electrons. The Kier molecular flexibility index (Phi) is 4.36. The molecule has 1 amide bonds. The number of nitrogens with zero attached hydrogens (tertiary/aromatic N) is 2. The molecule has 0 aliphatic heterocycles. The van der Waals surface area contributed by atoms with Gasteiger partial charge in [-0.05, 0) is 18.5 Å². The monoisotopic (exact) mass is 229 g/mol. The second kappa shape index (κ2) is 5.58. The summed E-state index contributed by atoms with van der Waals surface area (Å²) in [4.78, 5) is 11.3. The molecular weight excluding hydrogens is 222 g/mol. The van der Waals surface area contributed by atoms with Gasteiger partial charge in [-0.15, -0.1) is 22.0 Å². The number of carbonyl (C=O) groups is 1. The first-order valence-corrected chi connectivity index (χ1v) is 5.10. The van der Waals surface area contributed by atoms with Gasteiger partial charge in [-0.2, -0.15) is 0 Å². The summed E-state index contributed by atoms with van der Waals surface area (Å²) in [6.45, 7) is 2.27. The van der Waals surface area contributed by atoms with Crippen molar-refractivity contribution in [1.29, 1.82) is 0 Å². The van der Waals surface area contributed by atoms with Gasteiger partial charge in [0, 0.05) is 13.0 Å². The maximum Gasteiger partial charge on any atom is 0.282 e. The molecule has 14 heavy (non-hydrogen) atoms. The standard InChI is InChI=1S/C8H8ClN3OS/c1-2-3-4-5-10-6(13)7-11-12-8(9)14-7/h4-5H2,1H3,(H,10,13). The first-order chi connectivity index (χ1) is 6.74. The Morgan fingerprint density at radius 1 is 1.64 bits per heavy atom. The number of hydrogen-bond donors (Lipinski definition) is 1. The van der Waals surface area contributed by atoms with E-state index in [1.807, 2.05) is 0 Å². The van der Waals surface area contributed by atoms with Crippen molar-refractivity contribution in [3.05, 3.63) is 9.47 Å². The average Bonchev–Trinajstić information content (AvgIpc) is 2.59. The predicted molar refractivity (Wildman–Crippen MR) is 55.3 cm³/mol. The lowest BCUT2D eigenvalue weighted by Crippen LogP contribution is -2.24. The Hall–Kier alpha value is -1.12. The SMILES string of the molecule is CC#CCCNC(=O)c1nnc(Cl)s1. The number of halogens is 1. The molecule has 0 atom stereocenters. The van der Waals surface area contributed by atoms with E-state index in [9.17, 15) is 4.79 Å². The molecule has 0 aliphatic carbocycles. The molecule has 0 saturated carbocycles. The smallest absolute Gasteiger partial charge is 0.282 e. The summed E-state index contributed by atoms with van der Waals surface area (Å²) >= 11 is 6.59. The summed E-state index contributed by atoms with van der Waals surface area (Å²) in [5, 5.41) is 10.1. The van der Waals surface area contributed by atoms with Crippen LogP contribution in [0, 0.1) is 11.8 Å². The van der Waals surface area contributed by atoms with Gasteiger partial charge in [0.25, 0.3) is 5.91 Å². The van der Waals surface area contributed by atoms with Crippen molar-refractivity contribution in [2.75, 3.05) is 6.54 Å². The van der Waals surface area contributed by atoms with Crippen molar-refractivity contribution in [1.82, 2.24) is 15.5 Å². The highest BCUT2D eigenvalue weighted by atomic mass is 35.5. The van der Waals surface area contributed by atoms with Crippen LogP contribution in [-0.4, -0.2) is 22.6 Å². The van der Waals surface area contributed by atoms with Crippen LogP contribution in [0.3, 0.4) is 0 Å². The molecule has 0 aromatic carbocycles. The van der Waals surface area contributed by atoms with E-state index >= 15 is 0 Å². The number of rotatable bonds is 3. The lowest BCUT2D eigenvalue weighted by Gasteiger charge is -1.97. The van der Waals surface area contributed by atoms with Crippen LogP contribution in [0.1, 0.15) is 23.1 Å². The fourth-order valence-electron chi connectivity index (χ4n) is 0.736. The summed E-state index contributed by atoms with van der Waals surface area (Å²) in [6.07, 6.45) is 0.634. The van der Waals surface area contributed by atoms with E-state index in [0.29, 0.717) is 13.0 Å². The Morgan fingerprint density at radius 2 is 2.43 bits per heavy atom. The Bertz CT molecular complexity index is 379.